The van der Waals surface area contributed by atoms with Crippen LogP contribution >= 0.6 is 38.5 Å². The second-order valence-electron chi connectivity index (χ2n) is 3.70. The summed E-state index contributed by atoms with van der Waals surface area (Å²) in [7, 11) is 0. The minimum atomic E-state index is -0.936. The molecule has 1 atom stereocenters. The third kappa shape index (κ3) is 3.62. The van der Waals surface area contributed by atoms with Gasteiger partial charge in [0.2, 0.25) is 0 Å². The number of carbonyl (C=O) groups is 1. The minimum absolute atomic E-state index is 0.0723. The molecule has 5 heteroatoms. The highest BCUT2D eigenvalue weighted by Crippen LogP contribution is 2.26. The van der Waals surface area contributed by atoms with Gasteiger partial charge in [-0.2, -0.15) is 0 Å². The fourth-order valence-corrected chi connectivity index (χ4v) is 2.61. The number of hydrogen-bond acceptors (Lipinski definition) is 2. The lowest BCUT2D eigenvalue weighted by atomic mass is 10.1. The fraction of sp³-hybridized carbons (Fsp3) is 0.364. The van der Waals surface area contributed by atoms with Crippen LogP contribution in [0.1, 0.15) is 13.8 Å². The van der Waals surface area contributed by atoms with Crippen molar-refractivity contribution < 1.29 is 14.6 Å². The number of halogens is 2. The van der Waals surface area contributed by atoms with Gasteiger partial charge in [0.15, 0.2) is 6.10 Å². The number of aliphatic carboxylic acids is 1. The Morgan fingerprint density at radius 2 is 2.12 bits per heavy atom. The van der Waals surface area contributed by atoms with Gasteiger partial charge in [0.05, 0.1) is 3.57 Å². The molecule has 16 heavy (non-hydrogen) atoms. The maximum Gasteiger partial charge on any atom is 0.345 e. The predicted octanol–water partition coefficient (Wildman–Crippen LogP) is 3.54. The third-order valence-corrected chi connectivity index (χ3v) is 3.33. The first-order valence-corrected chi connectivity index (χ1v) is 6.63. The van der Waals surface area contributed by atoms with Crippen LogP contribution in [0.5, 0.6) is 5.75 Å². The van der Waals surface area contributed by atoms with Crippen LogP contribution in [0.3, 0.4) is 0 Å². The van der Waals surface area contributed by atoms with Crippen LogP contribution in [0.15, 0.2) is 22.7 Å². The first-order chi connectivity index (χ1) is 7.41. The van der Waals surface area contributed by atoms with Gasteiger partial charge >= 0.3 is 5.97 Å². The second-order valence-corrected chi connectivity index (χ2v) is 5.77. The summed E-state index contributed by atoms with van der Waals surface area (Å²) in [5.41, 5.74) is 0. The van der Waals surface area contributed by atoms with E-state index in [0.29, 0.717) is 5.75 Å². The van der Waals surface area contributed by atoms with E-state index >= 15 is 0 Å². The Labute approximate surface area is 116 Å². The molecule has 1 rings (SSSR count). The second kappa shape index (κ2) is 5.86. The first-order valence-electron chi connectivity index (χ1n) is 4.76. The van der Waals surface area contributed by atoms with Gasteiger partial charge < -0.3 is 9.84 Å². The molecule has 0 saturated heterocycles. The number of rotatable bonds is 4. The van der Waals surface area contributed by atoms with E-state index in [4.69, 9.17) is 9.84 Å². The Bertz CT molecular complexity index is 393. The maximum atomic E-state index is 11.0. The lowest BCUT2D eigenvalue weighted by molar-refractivity contribution is -0.147. The molecule has 1 N–H and O–H groups in total. The molecule has 0 amide bonds. The van der Waals surface area contributed by atoms with Crippen LogP contribution in [-0.4, -0.2) is 17.2 Å². The summed E-state index contributed by atoms with van der Waals surface area (Å²) in [6.07, 6.45) is -0.810. The molecule has 0 unspecified atom stereocenters. The van der Waals surface area contributed by atoms with Crippen molar-refractivity contribution in [2.45, 2.75) is 20.0 Å². The van der Waals surface area contributed by atoms with Crippen molar-refractivity contribution in [2.75, 3.05) is 0 Å². The molecule has 3 nitrogen and oxygen atoms in total. The molecule has 0 saturated carbocycles. The summed E-state index contributed by atoms with van der Waals surface area (Å²) in [6.45, 7) is 3.65. The van der Waals surface area contributed by atoms with Gasteiger partial charge in [-0.3, -0.25) is 0 Å². The quantitative estimate of drug-likeness (QED) is 0.789. The highest BCUT2D eigenvalue weighted by atomic mass is 127. The van der Waals surface area contributed by atoms with Crippen molar-refractivity contribution in [3.05, 3.63) is 26.2 Å². The lowest BCUT2D eigenvalue weighted by Gasteiger charge is -2.19. The third-order valence-electron chi connectivity index (χ3n) is 2.00. The number of carboxylic acids is 1. The monoisotopic (exact) mass is 398 g/mol. The summed E-state index contributed by atoms with van der Waals surface area (Å²) in [6, 6.07) is 5.48. The van der Waals surface area contributed by atoms with Gasteiger partial charge in [-0.15, -0.1) is 0 Å². The molecule has 0 aliphatic heterocycles. The molecular weight excluding hydrogens is 387 g/mol. The van der Waals surface area contributed by atoms with E-state index in [9.17, 15) is 4.79 Å². The van der Waals surface area contributed by atoms with Crippen LogP contribution in [0.4, 0.5) is 0 Å². The zero-order chi connectivity index (χ0) is 12.3. The molecular formula is C11H12BrIO3. The van der Waals surface area contributed by atoms with Gasteiger partial charge in [-0.05, 0) is 40.8 Å². The zero-order valence-corrected chi connectivity index (χ0v) is 12.6. The van der Waals surface area contributed by atoms with Crippen molar-refractivity contribution in [1.82, 2.24) is 0 Å². The Hall–Kier alpha value is -0.300. The zero-order valence-electron chi connectivity index (χ0n) is 8.91. The number of carboxylic acid groups (broad SMARTS) is 1. The number of ether oxygens (including phenoxy) is 1. The van der Waals surface area contributed by atoms with E-state index in [-0.39, 0.29) is 5.92 Å². The molecule has 0 fully saturated rings. The largest absolute Gasteiger partial charge is 0.478 e. The van der Waals surface area contributed by atoms with E-state index in [1.165, 1.54) is 0 Å². The SMILES string of the molecule is CC(C)[C@H](Oc1ccc(Br)cc1I)C(=O)O. The van der Waals surface area contributed by atoms with Crippen LogP contribution < -0.4 is 4.74 Å². The van der Waals surface area contributed by atoms with Crippen LogP contribution in [-0.2, 0) is 4.79 Å². The highest BCUT2D eigenvalue weighted by Gasteiger charge is 2.24. The molecule has 0 aromatic heterocycles. The molecule has 1 aromatic carbocycles. The summed E-state index contributed by atoms with van der Waals surface area (Å²) in [5.74, 6) is -0.407. The van der Waals surface area contributed by atoms with E-state index in [2.05, 4.69) is 38.5 Å². The van der Waals surface area contributed by atoms with Crippen molar-refractivity contribution in [2.24, 2.45) is 5.92 Å². The molecule has 0 aliphatic carbocycles. The smallest absolute Gasteiger partial charge is 0.345 e. The Kier molecular flexibility index (Phi) is 5.04. The number of hydrogen-bond donors (Lipinski definition) is 1. The van der Waals surface area contributed by atoms with Crippen molar-refractivity contribution in [1.29, 1.82) is 0 Å². The molecule has 0 aliphatic rings. The van der Waals surface area contributed by atoms with Crippen molar-refractivity contribution >= 4 is 44.5 Å². The van der Waals surface area contributed by atoms with E-state index in [1.54, 1.807) is 6.07 Å². The molecule has 0 bridgehead atoms. The Morgan fingerprint density at radius 3 is 2.56 bits per heavy atom. The van der Waals surface area contributed by atoms with Gasteiger partial charge in [0.25, 0.3) is 0 Å². The normalized spacial score (nSPS) is 12.6. The van der Waals surface area contributed by atoms with Crippen molar-refractivity contribution in [3.8, 4) is 5.75 Å². The van der Waals surface area contributed by atoms with Gasteiger partial charge in [-0.1, -0.05) is 29.8 Å². The summed E-state index contributed by atoms with van der Waals surface area (Å²) in [5, 5.41) is 9.01. The van der Waals surface area contributed by atoms with E-state index in [1.807, 2.05) is 26.0 Å². The number of benzene rings is 1. The molecule has 0 spiro atoms. The Balaban J connectivity index is 2.90. The minimum Gasteiger partial charge on any atom is -0.478 e. The van der Waals surface area contributed by atoms with Gasteiger partial charge in [-0.25, -0.2) is 4.79 Å². The van der Waals surface area contributed by atoms with E-state index < -0.39 is 12.1 Å². The lowest BCUT2D eigenvalue weighted by Crippen LogP contribution is -2.32. The summed E-state index contributed by atoms with van der Waals surface area (Å²) >= 11 is 5.46. The van der Waals surface area contributed by atoms with Crippen molar-refractivity contribution in [3.63, 3.8) is 0 Å². The molecule has 0 heterocycles. The van der Waals surface area contributed by atoms with Crippen LogP contribution in [0, 0.1) is 9.49 Å². The predicted molar refractivity (Wildman–Crippen MR) is 73.7 cm³/mol. The highest BCUT2D eigenvalue weighted by molar-refractivity contribution is 14.1. The standard InChI is InChI=1S/C11H12BrIO3/c1-6(2)10(11(14)15)16-9-4-3-7(12)5-8(9)13/h3-6,10H,1-2H3,(H,14,15)/t10-/m0/s1. The van der Waals surface area contributed by atoms with Gasteiger partial charge in [0.1, 0.15) is 5.75 Å². The molecule has 1 aromatic rings. The summed E-state index contributed by atoms with van der Waals surface area (Å²) in [4.78, 5) is 11.0. The molecule has 88 valence electrons. The molecule has 0 radical (unpaired) electrons. The topological polar surface area (TPSA) is 46.5 Å². The first kappa shape index (κ1) is 13.8. The summed E-state index contributed by atoms with van der Waals surface area (Å²) < 4.78 is 7.33. The fourth-order valence-electron chi connectivity index (χ4n) is 1.18. The average Bonchev–Trinajstić information content (AvgIpc) is 2.15. The van der Waals surface area contributed by atoms with E-state index in [0.717, 1.165) is 8.04 Å². The Morgan fingerprint density at radius 1 is 1.50 bits per heavy atom. The van der Waals surface area contributed by atoms with Crippen LogP contribution in [0.2, 0.25) is 0 Å². The van der Waals surface area contributed by atoms with Crippen LogP contribution in [0.25, 0.3) is 0 Å². The maximum absolute atomic E-state index is 11.0. The average molecular weight is 399 g/mol. The van der Waals surface area contributed by atoms with Gasteiger partial charge in [0, 0.05) is 10.4 Å².